The van der Waals surface area contributed by atoms with Crippen molar-refractivity contribution in [1.29, 1.82) is 5.26 Å². The minimum Gasteiger partial charge on any atom is -0.383 e. The number of hydrogen-bond acceptors (Lipinski definition) is 8. The fourth-order valence-corrected chi connectivity index (χ4v) is 3.18. The predicted molar refractivity (Wildman–Crippen MR) is 98.1 cm³/mol. The number of rotatable bonds is 6. The Hall–Kier alpha value is -2.79. The summed E-state index contributed by atoms with van der Waals surface area (Å²) in [5.74, 6) is 2.39. The molecule has 0 radical (unpaired) electrons. The van der Waals surface area contributed by atoms with E-state index in [9.17, 15) is 0 Å². The second kappa shape index (κ2) is 7.62. The molecule has 2 aromatic rings. The number of aromatic nitrogens is 4. The van der Waals surface area contributed by atoms with Crippen LogP contribution in [0.4, 0.5) is 17.3 Å². The molecule has 134 valence electrons. The summed E-state index contributed by atoms with van der Waals surface area (Å²) in [6.07, 6.45) is 7.74. The molecule has 1 saturated heterocycles. The Labute approximate surface area is 152 Å². The van der Waals surface area contributed by atoms with Gasteiger partial charge >= 0.3 is 0 Å². The van der Waals surface area contributed by atoms with Gasteiger partial charge < -0.3 is 16.0 Å². The molecule has 1 aliphatic heterocycles. The standard InChI is InChI=1S/C18H22N8/c19-8-14-10-23-17(11-21-14)24-16-7-15(18(26-25-16)13-1-2-13)22-9-12-3-5-20-6-4-12/h7,10-13,20H,1-6,9H2,(H2,22,23,24,25). The van der Waals surface area contributed by atoms with E-state index >= 15 is 0 Å². The lowest BCUT2D eigenvalue weighted by atomic mass is 9.98. The van der Waals surface area contributed by atoms with Gasteiger partial charge in [-0.1, -0.05) is 0 Å². The summed E-state index contributed by atoms with van der Waals surface area (Å²) >= 11 is 0. The molecule has 0 unspecified atom stereocenters. The highest BCUT2D eigenvalue weighted by atomic mass is 15.2. The van der Waals surface area contributed by atoms with Crippen LogP contribution in [0.1, 0.15) is 43.0 Å². The van der Waals surface area contributed by atoms with Gasteiger partial charge in [0.15, 0.2) is 11.5 Å². The quantitative estimate of drug-likeness (QED) is 0.727. The minimum atomic E-state index is 0.287. The molecule has 2 aliphatic rings. The predicted octanol–water partition coefficient (Wildman–Crippen LogP) is 2.17. The second-order valence-corrected chi connectivity index (χ2v) is 6.90. The van der Waals surface area contributed by atoms with Crippen molar-refractivity contribution in [3.05, 3.63) is 29.8 Å². The molecular formula is C18H22N8. The normalized spacial score (nSPS) is 17.5. The van der Waals surface area contributed by atoms with Gasteiger partial charge in [0.05, 0.1) is 23.8 Å². The van der Waals surface area contributed by atoms with Gasteiger partial charge in [0.1, 0.15) is 11.9 Å². The van der Waals surface area contributed by atoms with E-state index in [1.54, 1.807) is 0 Å². The number of piperidine rings is 1. The molecule has 0 spiro atoms. The first kappa shape index (κ1) is 16.7. The number of nitrogens with one attached hydrogen (secondary N) is 3. The maximum absolute atomic E-state index is 8.80. The SMILES string of the molecule is N#Cc1cnc(Nc2cc(NCC3CCNCC3)c(C3CC3)nn2)cn1. The van der Waals surface area contributed by atoms with Crippen LogP contribution in [0.5, 0.6) is 0 Å². The lowest BCUT2D eigenvalue weighted by Crippen LogP contribution is -2.31. The lowest BCUT2D eigenvalue weighted by molar-refractivity contribution is 0.390. The lowest BCUT2D eigenvalue weighted by Gasteiger charge is -2.23. The number of nitriles is 1. The van der Waals surface area contributed by atoms with Crippen molar-refractivity contribution in [2.45, 2.75) is 31.6 Å². The molecule has 0 amide bonds. The summed E-state index contributed by atoms with van der Waals surface area (Å²) in [5, 5.41) is 27.7. The Bertz CT molecular complexity index is 788. The van der Waals surface area contributed by atoms with Gasteiger partial charge in [0.25, 0.3) is 0 Å². The fourth-order valence-electron chi connectivity index (χ4n) is 3.18. The topological polar surface area (TPSA) is 111 Å². The number of hydrogen-bond donors (Lipinski definition) is 3. The molecule has 3 N–H and O–H groups in total. The average Bonchev–Trinajstić information content (AvgIpc) is 3.53. The van der Waals surface area contributed by atoms with E-state index in [1.807, 2.05) is 12.1 Å². The highest BCUT2D eigenvalue weighted by Gasteiger charge is 2.29. The van der Waals surface area contributed by atoms with Crippen molar-refractivity contribution < 1.29 is 0 Å². The van der Waals surface area contributed by atoms with Gasteiger partial charge in [-0.25, -0.2) is 9.97 Å². The Morgan fingerprint density at radius 3 is 2.62 bits per heavy atom. The molecule has 1 saturated carbocycles. The smallest absolute Gasteiger partial charge is 0.158 e. The van der Waals surface area contributed by atoms with Crippen LogP contribution in [0.15, 0.2) is 18.5 Å². The maximum atomic E-state index is 8.80. The van der Waals surface area contributed by atoms with Crippen molar-refractivity contribution in [2.24, 2.45) is 5.92 Å². The molecule has 2 aromatic heterocycles. The zero-order valence-corrected chi connectivity index (χ0v) is 14.6. The molecule has 26 heavy (non-hydrogen) atoms. The molecule has 2 fully saturated rings. The summed E-state index contributed by atoms with van der Waals surface area (Å²) in [6.45, 7) is 3.16. The van der Waals surface area contributed by atoms with E-state index < -0.39 is 0 Å². The van der Waals surface area contributed by atoms with Gasteiger partial charge in [0.2, 0.25) is 0 Å². The summed E-state index contributed by atoms with van der Waals surface area (Å²) in [4.78, 5) is 8.19. The maximum Gasteiger partial charge on any atom is 0.158 e. The monoisotopic (exact) mass is 350 g/mol. The summed E-state index contributed by atoms with van der Waals surface area (Å²) in [6, 6.07) is 3.96. The van der Waals surface area contributed by atoms with Crippen molar-refractivity contribution >= 4 is 17.3 Å². The van der Waals surface area contributed by atoms with Crippen molar-refractivity contribution in [3.63, 3.8) is 0 Å². The fraction of sp³-hybridized carbons (Fsp3) is 0.500. The van der Waals surface area contributed by atoms with Gasteiger partial charge in [-0.15, -0.1) is 5.10 Å². The highest BCUT2D eigenvalue weighted by molar-refractivity contribution is 5.60. The molecule has 0 bridgehead atoms. The van der Waals surface area contributed by atoms with Crippen molar-refractivity contribution in [1.82, 2.24) is 25.5 Å². The summed E-state index contributed by atoms with van der Waals surface area (Å²) in [5.41, 5.74) is 2.41. The summed E-state index contributed by atoms with van der Waals surface area (Å²) in [7, 11) is 0. The van der Waals surface area contributed by atoms with Crippen LogP contribution < -0.4 is 16.0 Å². The Morgan fingerprint density at radius 2 is 1.92 bits per heavy atom. The van der Waals surface area contributed by atoms with E-state index in [0.717, 1.165) is 31.0 Å². The van der Waals surface area contributed by atoms with Gasteiger partial charge in [0, 0.05) is 18.5 Å². The number of anilines is 3. The second-order valence-electron chi connectivity index (χ2n) is 6.90. The van der Waals surface area contributed by atoms with Crippen LogP contribution in [-0.2, 0) is 0 Å². The third-order valence-corrected chi connectivity index (χ3v) is 4.85. The zero-order valence-electron chi connectivity index (χ0n) is 14.6. The Balaban J connectivity index is 1.47. The first-order valence-corrected chi connectivity index (χ1v) is 9.13. The number of nitrogens with zero attached hydrogens (tertiary/aromatic N) is 5. The van der Waals surface area contributed by atoms with Crippen LogP contribution in [0, 0.1) is 17.2 Å². The third kappa shape index (κ3) is 4.06. The van der Waals surface area contributed by atoms with Crippen molar-refractivity contribution in [3.8, 4) is 6.07 Å². The molecule has 8 heteroatoms. The average molecular weight is 350 g/mol. The molecule has 8 nitrogen and oxygen atoms in total. The third-order valence-electron chi connectivity index (χ3n) is 4.85. The molecule has 4 rings (SSSR count). The van der Waals surface area contributed by atoms with E-state index in [4.69, 9.17) is 5.26 Å². The van der Waals surface area contributed by atoms with E-state index in [2.05, 4.69) is 36.1 Å². The molecule has 3 heterocycles. The van der Waals surface area contributed by atoms with Gasteiger partial charge in [-0.05, 0) is 44.7 Å². The first-order valence-electron chi connectivity index (χ1n) is 9.13. The zero-order chi connectivity index (χ0) is 17.8. The van der Waals surface area contributed by atoms with Gasteiger partial charge in [-0.2, -0.15) is 10.4 Å². The van der Waals surface area contributed by atoms with Crippen LogP contribution in [-0.4, -0.2) is 39.8 Å². The molecule has 1 aliphatic carbocycles. The largest absolute Gasteiger partial charge is 0.383 e. The van der Waals surface area contributed by atoms with Crippen LogP contribution in [0.2, 0.25) is 0 Å². The minimum absolute atomic E-state index is 0.287. The highest BCUT2D eigenvalue weighted by Crippen LogP contribution is 2.42. The van der Waals surface area contributed by atoms with E-state index in [-0.39, 0.29) is 5.69 Å². The van der Waals surface area contributed by atoms with E-state index in [1.165, 1.54) is 38.1 Å². The summed E-state index contributed by atoms with van der Waals surface area (Å²) < 4.78 is 0. The Kier molecular flexibility index (Phi) is 4.88. The Morgan fingerprint density at radius 1 is 1.08 bits per heavy atom. The van der Waals surface area contributed by atoms with Crippen LogP contribution >= 0.6 is 0 Å². The van der Waals surface area contributed by atoms with Crippen LogP contribution in [0.25, 0.3) is 0 Å². The van der Waals surface area contributed by atoms with Gasteiger partial charge in [-0.3, -0.25) is 0 Å². The molecular weight excluding hydrogens is 328 g/mol. The van der Waals surface area contributed by atoms with Crippen molar-refractivity contribution in [2.75, 3.05) is 30.3 Å². The van der Waals surface area contributed by atoms with E-state index in [0.29, 0.717) is 23.5 Å². The first-order chi connectivity index (χ1) is 12.8. The van der Waals surface area contributed by atoms with Crippen LogP contribution in [0.3, 0.4) is 0 Å². The molecule has 0 aromatic carbocycles. The molecule has 0 atom stereocenters.